The van der Waals surface area contributed by atoms with E-state index in [1.54, 1.807) is 7.05 Å². The SMILES string of the molecule is CNC(=O)C[C@@H]1CN(C(=O)c2cncc(C(F)(F)F)c2)CCN1C(c1ccccc1)c1ccccc1. The van der Waals surface area contributed by atoms with Gasteiger partial charge in [0.1, 0.15) is 0 Å². The summed E-state index contributed by atoms with van der Waals surface area (Å²) in [6, 6.07) is 20.1. The van der Waals surface area contributed by atoms with Gasteiger partial charge in [-0.2, -0.15) is 13.2 Å². The maximum atomic E-state index is 13.2. The molecule has 3 aromatic rings. The van der Waals surface area contributed by atoms with Crippen LogP contribution in [-0.4, -0.2) is 59.3 Å². The summed E-state index contributed by atoms with van der Waals surface area (Å²) < 4.78 is 39.5. The molecule has 1 N–H and O–H groups in total. The fourth-order valence-corrected chi connectivity index (χ4v) is 4.63. The second-order valence-electron chi connectivity index (χ2n) is 8.70. The molecule has 0 saturated carbocycles. The Balaban J connectivity index is 1.65. The van der Waals surface area contributed by atoms with E-state index in [0.717, 1.165) is 23.4 Å². The molecule has 0 aliphatic carbocycles. The van der Waals surface area contributed by atoms with Crippen LogP contribution in [0.5, 0.6) is 0 Å². The molecule has 1 atom stereocenters. The molecule has 36 heavy (non-hydrogen) atoms. The molecule has 188 valence electrons. The molecule has 0 spiro atoms. The normalized spacial score (nSPS) is 16.7. The Kier molecular flexibility index (Phi) is 7.69. The van der Waals surface area contributed by atoms with Gasteiger partial charge in [-0.05, 0) is 17.2 Å². The first-order valence-electron chi connectivity index (χ1n) is 11.7. The number of hydrogen-bond donors (Lipinski definition) is 1. The van der Waals surface area contributed by atoms with Gasteiger partial charge < -0.3 is 10.2 Å². The van der Waals surface area contributed by atoms with E-state index in [9.17, 15) is 22.8 Å². The standard InChI is InChI=1S/C27H27F3N4O2/c1-31-24(35)15-23-18-33(26(36)21-14-22(17-32-16-21)27(28,29)30)12-13-34(23)25(19-8-4-2-5-9-19)20-10-6-3-7-11-20/h2-11,14,16-17,23,25H,12-13,15,18H2,1H3,(H,31,35)/t23-/m1/s1. The predicted octanol–water partition coefficient (Wildman–Crippen LogP) is 4.15. The van der Waals surface area contributed by atoms with E-state index in [1.807, 2.05) is 60.7 Å². The summed E-state index contributed by atoms with van der Waals surface area (Å²) in [5, 5.41) is 2.65. The quantitative estimate of drug-likeness (QED) is 0.557. The molecule has 6 nitrogen and oxygen atoms in total. The van der Waals surface area contributed by atoms with Gasteiger partial charge in [-0.15, -0.1) is 0 Å². The van der Waals surface area contributed by atoms with E-state index in [0.29, 0.717) is 19.3 Å². The van der Waals surface area contributed by atoms with Crippen molar-refractivity contribution in [3.8, 4) is 0 Å². The molecule has 1 fully saturated rings. The Hall–Kier alpha value is -3.72. The monoisotopic (exact) mass is 496 g/mol. The summed E-state index contributed by atoms with van der Waals surface area (Å²) in [6.45, 7) is 0.933. The molecule has 9 heteroatoms. The molecule has 1 aromatic heterocycles. The van der Waals surface area contributed by atoms with Crippen LogP contribution in [0.1, 0.15) is 39.5 Å². The van der Waals surface area contributed by atoms with E-state index in [-0.39, 0.29) is 36.5 Å². The van der Waals surface area contributed by atoms with Gasteiger partial charge in [0.05, 0.1) is 17.2 Å². The first-order chi connectivity index (χ1) is 17.3. The molecular formula is C27H27F3N4O2. The number of aromatic nitrogens is 1. The summed E-state index contributed by atoms with van der Waals surface area (Å²) in [5.41, 5.74) is 1.00. The van der Waals surface area contributed by atoms with Crippen LogP contribution >= 0.6 is 0 Å². The van der Waals surface area contributed by atoms with Crippen molar-refractivity contribution in [1.29, 1.82) is 0 Å². The first-order valence-corrected chi connectivity index (χ1v) is 11.7. The van der Waals surface area contributed by atoms with Crippen LogP contribution in [0.3, 0.4) is 0 Å². The number of rotatable bonds is 6. The van der Waals surface area contributed by atoms with Gasteiger partial charge in [0, 0.05) is 51.5 Å². The molecule has 2 aromatic carbocycles. The highest BCUT2D eigenvalue weighted by Gasteiger charge is 2.37. The summed E-state index contributed by atoms with van der Waals surface area (Å²) >= 11 is 0. The number of halogens is 3. The van der Waals surface area contributed by atoms with Crippen LogP contribution in [0.4, 0.5) is 13.2 Å². The smallest absolute Gasteiger partial charge is 0.359 e. The van der Waals surface area contributed by atoms with Crippen molar-refractivity contribution in [3.63, 3.8) is 0 Å². The number of hydrogen-bond acceptors (Lipinski definition) is 4. The molecule has 0 unspecified atom stereocenters. The molecule has 1 saturated heterocycles. The van der Waals surface area contributed by atoms with Crippen LogP contribution in [0.25, 0.3) is 0 Å². The topological polar surface area (TPSA) is 65.5 Å². The molecule has 1 aliphatic rings. The lowest BCUT2D eigenvalue weighted by Gasteiger charge is -2.45. The van der Waals surface area contributed by atoms with Crippen LogP contribution in [0, 0.1) is 0 Å². The summed E-state index contributed by atoms with van der Waals surface area (Å²) in [5.74, 6) is -0.717. The number of nitrogens with one attached hydrogen (secondary N) is 1. The van der Waals surface area contributed by atoms with Crippen molar-refractivity contribution in [2.24, 2.45) is 0 Å². The van der Waals surface area contributed by atoms with Crippen LogP contribution in [0.2, 0.25) is 0 Å². The van der Waals surface area contributed by atoms with Gasteiger partial charge in [-0.25, -0.2) is 0 Å². The minimum absolute atomic E-state index is 0.125. The van der Waals surface area contributed by atoms with E-state index in [2.05, 4.69) is 15.2 Å². The number of alkyl halides is 3. The van der Waals surface area contributed by atoms with E-state index in [1.165, 1.54) is 4.90 Å². The highest BCUT2D eigenvalue weighted by molar-refractivity contribution is 5.94. The third kappa shape index (κ3) is 5.73. The Morgan fingerprint density at radius 1 is 1.00 bits per heavy atom. The van der Waals surface area contributed by atoms with Gasteiger partial charge in [-0.3, -0.25) is 19.5 Å². The minimum Gasteiger partial charge on any atom is -0.359 e. The lowest BCUT2D eigenvalue weighted by molar-refractivity contribution is -0.137. The maximum absolute atomic E-state index is 13.2. The van der Waals surface area contributed by atoms with Crippen molar-refractivity contribution in [2.45, 2.75) is 24.7 Å². The molecule has 2 heterocycles. The molecule has 0 bridgehead atoms. The summed E-state index contributed by atoms with van der Waals surface area (Å²) in [6.07, 6.45) is -2.61. The van der Waals surface area contributed by atoms with E-state index < -0.39 is 17.6 Å². The highest BCUT2D eigenvalue weighted by Crippen LogP contribution is 2.33. The zero-order valence-corrected chi connectivity index (χ0v) is 19.8. The zero-order chi connectivity index (χ0) is 25.7. The van der Waals surface area contributed by atoms with E-state index in [4.69, 9.17) is 0 Å². The average molecular weight is 497 g/mol. The Morgan fingerprint density at radius 2 is 1.61 bits per heavy atom. The van der Waals surface area contributed by atoms with Gasteiger partial charge in [0.2, 0.25) is 5.91 Å². The molecule has 4 rings (SSSR count). The summed E-state index contributed by atoms with van der Waals surface area (Å²) in [7, 11) is 1.55. The fourth-order valence-electron chi connectivity index (χ4n) is 4.63. The molecular weight excluding hydrogens is 469 g/mol. The number of piperazine rings is 1. The molecule has 2 amide bonds. The largest absolute Gasteiger partial charge is 0.417 e. The lowest BCUT2D eigenvalue weighted by Crippen LogP contribution is -2.56. The third-order valence-electron chi connectivity index (χ3n) is 6.39. The Bertz CT molecular complexity index is 1150. The number of nitrogens with zero attached hydrogens (tertiary/aromatic N) is 3. The number of pyridine rings is 1. The van der Waals surface area contributed by atoms with Crippen LogP contribution in [-0.2, 0) is 11.0 Å². The predicted molar refractivity (Wildman–Crippen MR) is 129 cm³/mol. The maximum Gasteiger partial charge on any atom is 0.417 e. The zero-order valence-electron chi connectivity index (χ0n) is 19.8. The van der Waals surface area contributed by atoms with Crippen molar-refractivity contribution in [1.82, 2.24) is 20.1 Å². The molecule has 1 aliphatic heterocycles. The minimum atomic E-state index is -4.59. The van der Waals surface area contributed by atoms with Crippen LogP contribution < -0.4 is 5.32 Å². The Morgan fingerprint density at radius 3 is 2.17 bits per heavy atom. The third-order valence-corrected chi connectivity index (χ3v) is 6.39. The van der Waals surface area contributed by atoms with Crippen molar-refractivity contribution < 1.29 is 22.8 Å². The first kappa shape index (κ1) is 25.4. The Labute approximate surface area is 207 Å². The summed E-state index contributed by atoms with van der Waals surface area (Å²) in [4.78, 5) is 33.0. The number of amides is 2. The average Bonchev–Trinajstić information content (AvgIpc) is 2.90. The highest BCUT2D eigenvalue weighted by atomic mass is 19.4. The van der Waals surface area contributed by atoms with Gasteiger partial charge in [0.15, 0.2) is 0 Å². The van der Waals surface area contributed by atoms with Gasteiger partial charge >= 0.3 is 6.18 Å². The van der Waals surface area contributed by atoms with Crippen molar-refractivity contribution in [3.05, 3.63) is 101 Å². The van der Waals surface area contributed by atoms with Crippen molar-refractivity contribution >= 4 is 11.8 Å². The molecule has 0 radical (unpaired) electrons. The lowest BCUT2D eigenvalue weighted by atomic mass is 9.93. The van der Waals surface area contributed by atoms with Crippen LogP contribution in [0.15, 0.2) is 79.1 Å². The number of benzene rings is 2. The second-order valence-corrected chi connectivity index (χ2v) is 8.70. The van der Waals surface area contributed by atoms with Gasteiger partial charge in [0.25, 0.3) is 5.91 Å². The number of carbonyl (C=O) groups excluding carboxylic acids is 2. The second kappa shape index (κ2) is 10.9. The van der Waals surface area contributed by atoms with Crippen molar-refractivity contribution in [2.75, 3.05) is 26.7 Å². The van der Waals surface area contributed by atoms with Gasteiger partial charge in [-0.1, -0.05) is 60.7 Å². The fraction of sp³-hybridized carbons (Fsp3) is 0.296. The number of carbonyl (C=O) groups is 2. The van der Waals surface area contributed by atoms with E-state index >= 15 is 0 Å².